The van der Waals surface area contributed by atoms with Gasteiger partial charge in [-0.3, -0.25) is 9.88 Å². The van der Waals surface area contributed by atoms with Gasteiger partial charge in [-0.1, -0.05) is 29.8 Å². The molecule has 1 aromatic heterocycles. The zero-order valence-corrected chi connectivity index (χ0v) is 12.1. The Kier molecular flexibility index (Phi) is 4.31. The van der Waals surface area contributed by atoms with Crippen LogP contribution in [0.15, 0.2) is 42.6 Å². The first-order chi connectivity index (χ1) is 9.81. The summed E-state index contributed by atoms with van der Waals surface area (Å²) in [5, 5.41) is 4.05. The first-order valence-corrected chi connectivity index (χ1v) is 7.33. The summed E-state index contributed by atoms with van der Waals surface area (Å²) in [6.45, 7) is 5.40. The molecule has 3 rings (SSSR count). The molecule has 1 fully saturated rings. The summed E-state index contributed by atoms with van der Waals surface area (Å²) >= 11 is 5.88. The Bertz CT molecular complexity index is 562. The highest BCUT2D eigenvalue weighted by Crippen LogP contribution is 2.20. The van der Waals surface area contributed by atoms with E-state index in [0.29, 0.717) is 5.02 Å². The number of pyridine rings is 1. The number of hydrogen-bond donors (Lipinski definition) is 1. The summed E-state index contributed by atoms with van der Waals surface area (Å²) in [7, 11) is 0. The number of rotatable bonds is 3. The second kappa shape index (κ2) is 6.35. The minimum absolute atomic E-state index is 0.672. The maximum absolute atomic E-state index is 5.88. The van der Waals surface area contributed by atoms with Gasteiger partial charge in [0.15, 0.2) is 0 Å². The van der Waals surface area contributed by atoms with E-state index in [4.69, 9.17) is 11.6 Å². The van der Waals surface area contributed by atoms with Gasteiger partial charge in [-0.15, -0.1) is 0 Å². The van der Waals surface area contributed by atoms with Crippen molar-refractivity contribution in [2.75, 3.05) is 26.2 Å². The molecule has 0 saturated carbocycles. The lowest BCUT2D eigenvalue weighted by Crippen LogP contribution is -2.42. The third-order valence-electron chi connectivity index (χ3n) is 3.57. The average molecular weight is 288 g/mol. The zero-order chi connectivity index (χ0) is 13.8. The van der Waals surface area contributed by atoms with Crippen molar-refractivity contribution in [1.29, 1.82) is 0 Å². The van der Waals surface area contributed by atoms with Crippen molar-refractivity contribution in [2.45, 2.75) is 6.54 Å². The predicted molar refractivity (Wildman–Crippen MR) is 82.8 cm³/mol. The van der Waals surface area contributed by atoms with Gasteiger partial charge in [0.1, 0.15) is 0 Å². The molecular weight excluding hydrogens is 270 g/mol. The minimum atomic E-state index is 0.672. The Morgan fingerprint density at radius 1 is 1.15 bits per heavy atom. The Morgan fingerprint density at radius 2 is 2.00 bits per heavy atom. The molecule has 2 aromatic rings. The lowest BCUT2D eigenvalue weighted by atomic mass is 10.1. The van der Waals surface area contributed by atoms with Crippen molar-refractivity contribution in [1.82, 2.24) is 15.2 Å². The highest BCUT2D eigenvalue weighted by molar-refractivity contribution is 6.30. The molecular formula is C16H18ClN3. The largest absolute Gasteiger partial charge is 0.314 e. The van der Waals surface area contributed by atoms with Gasteiger partial charge in [-0.2, -0.15) is 0 Å². The first kappa shape index (κ1) is 13.6. The smallest absolute Gasteiger partial charge is 0.0703 e. The molecule has 0 unspecified atom stereocenters. The van der Waals surface area contributed by atoms with Gasteiger partial charge in [0.05, 0.1) is 10.7 Å². The van der Waals surface area contributed by atoms with Gasteiger partial charge in [0.25, 0.3) is 0 Å². The molecule has 1 N–H and O–H groups in total. The van der Waals surface area contributed by atoms with Gasteiger partial charge in [0.2, 0.25) is 0 Å². The van der Waals surface area contributed by atoms with Gasteiger partial charge in [0, 0.05) is 44.5 Å². The molecule has 0 aliphatic carbocycles. The topological polar surface area (TPSA) is 28.2 Å². The molecule has 1 aliphatic rings. The number of nitrogens with zero attached hydrogens (tertiary/aromatic N) is 2. The van der Waals surface area contributed by atoms with E-state index < -0.39 is 0 Å². The van der Waals surface area contributed by atoms with Gasteiger partial charge in [-0.25, -0.2) is 0 Å². The summed E-state index contributed by atoms with van der Waals surface area (Å²) in [5.74, 6) is 0. The maximum Gasteiger partial charge on any atom is 0.0703 e. The lowest BCUT2D eigenvalue weighted by molar-refractivity contribution is 0.233. The second-order valence-electron chi connectivity index (χ2n) is 5.09. The van der Waals surface area contributed by atoms with Crippen LogP contribution in [0.5, 0.6) is 0 Å². The van der Waals surface area contributed by atoms with Crippen LogP contribution in [0.3, 0.4) is 0 Å². The third kappa shape index (κ3) is 3.37. The Balaban J connectivity index is 1.76. The van der Waals surface area contributed by atoms with E-state index in [0.717, 1.165) is 44.0 Å². The second-order valence-corrected chi connectivity index (χ2v) is 5.52. The van der Waals surface area contributed by atoms with Crippen molar-refractivity contribution in [3.63, 3.8) is 0 Å². The van der Waals surface area contributed by atoms with Crippen LogP contribution in [0.1, 0.15) is 5.56 Å². The number of hydrogen-bond acceptors (Lipinski definition) is 3. The molecule has 104 valence electrons. The van der Waals surface area contributed by atoms with Gasteiger partial charge in [-0.05, 0) is 23.8 Å². The molecule has 0 radical (unpaired) electrons. The van der Waals surface area contributed by atoms with Crippen molar-refractivity contribution in [3.05, 3.63) is 53.2 Å². The minimum Gasteiger partial charge on any atom is -0.314 e. The zero-order valence-electron chi connectivity index (χ0n) is 11.3. The number of piperazine rings is 1. The van der Waals surface area contributed by atoms with Crippen molar-refractivity contribution in [2.24, 2.45) is 0 Å². The van der Waals surface area contributed by atoms with E-state index in [1.807, 2.05) is 12.1 Å². The molecule has 0 amide bonds. The molecule has 0 bridgehead atoms. The Labute approximate surface area is 124 Å². The molecule has 0 atom stereocenters. The number of benzene rings is 1. The van der Waals surface area contributed by atoms with Crippen LogP contribution >= 0.6 is 11.6 Å². The molecule has 2 heterocycles. The van der Waals surface area contributed by atoms with Crippen molar-refractivity contribution >= 4 is 11.6 Å². The fourth-order valence-corrected chi connectivity index (χ4v) is 2.61. The molecule has 0 spiro atoms. The monoisotopic (exact) mass is 287 g/mol. The molecule has 20 heavy (non-hydrogen) atoms. The van der Waals surface area contributed by atoms with Crippen LogP contribution in [-0.4, -0.2) is 36.1 Å². The maximum atomic E-state index is 5.88. The van der Waals surface area contributed by atoms with E-state index in [-0.39, 0.29) is 0 Å². The van der Waals surface area contributed by atoms with E-state index in [9.17, 15) is 0 Å². The lowest BCUT2D eigenvalue weighted by Gasteiger charge is -2.27. The van der Waals surface area contributed by atoms with Gasteiger partial charge < -0.3 is 5.32 Å². The summed E-state index contributed by atoms with van der Waals surface area (Å²) in [6.07, 6.45) is 1.69. The highest BCUT2D eigenvalue weighted by atomic mass is 35.5. The summed E-state index contributed by atoms with van der Waals surface area (Å²) in [6, 6.07) is 12.4. The molecule has 1 aromatic carbocycles. The van der Waals surface area contributed by atoms with Crippen LogP contribution in [-0.2, 0) is 6.54 Å². The average Bonchev–Trinajstić information content (AvgIpc) is 2.49. The fraction of sp³-hybridized carbons (Fsp3) is 0.312. The number of aromatic nitrogens is 1. The van der Waals surface area contributed by atoms with Crippen LogP contribution in [0.2, 0.25) is 5.02 Å². The van der Waals surface area contributed by atoms with Crippen molar-refractivity contribution in [3.8, 4) is 11.3 Å². The standard InChI is InChI=1S/C16H18ClN3/c17-15-4-5-16(19-11-15)14-3-1-2-13(10-14)12-20-8-6-18-7-9-20/h1-5,10-11,18H,6-9,12H2. The van der Waals surface area contributed by atoms with Crippen molar-refractivity contribution < 1.29 is 0 Å². The Hall–Kier alpha value is -1.42. The third-order valence-corrected chi connectivity index (χ3v) is 3.79. The molecule has 4 heteroatoms. The number of nitrogens with one attached hydrogen (secondary N) is 1. The molecule has 1 saturated heterocycles. The SMILES string of the molecule is Clc1ccc(-c2cccc(CN3CCNCC3)c2)nc1. The fourth-order valence-electron chi connectivity index (χ4n) is 2.50. The normalized spacial score (nSPS) is 16.2. The van der Waals surface area contributed by atoms with Crippen LogP contribution in [0.25, 0.3) is 11.3 Å². The predicted octanol–water partition coefficient (Wildman–Crippen LogP) is 2.81. The molecule has 3 nitrogen and oxygen atoms in total. The quantitative estimate of drug-likeness (QED) is 0.941. The van der Waals surface area contributed by atoms with Crippen LogP contribution < -0.4 is 5.32 Å². The van der Waals surface area contributed by atoms with E-state index in [1.54, 1.807) is 6.20 Å². The number of halogens is 1. The van der Waals surface area contributed by atoms with Gasteiger partial charge >= 0.3 is 0 Å². The van der Waals surface area contributed by atoms with E-state index in [2.05, 4.69) is 39.5 Å². The van der Waals surface area contributed by atoms with Crippen LogP contribution in [0.4, 0.5) is 0 Å². The van der Waals surface area contributed by atoms with Crippen LogP contribution in [0, 0.1) is 0 Å². The van der Waals surface area contributed by atoms with E-state index in [1.165, 1.54) is 5.56 Å². The summed E-state index contributed by atoms with van der Waals surface area (Å²) < 4.78 is 0. The van der Waals surface area contributed by atoms with E-state index >= 15 is 0 Å². The summed E-state index contributed by atoms with van der Waals surface area (Å²) in [4.78, 5) is 6.86. The Morgan fingerprint density at radius 3 is 2.75 bits per heavy atom. The summed E-state index contributed by atoms with van der Waals surface area (Å²) in [5.41, 5.74) is 3.45. The highest BCUT2D eigenvalue weighted by Gasteiger charge is 2.10. The first-order valence-electron chi connectivity index (χ1n) is 6.95. The molecule has 1 aliphatic heterocycles.